The number of carbonyl (C=O) groups excluding carboxylic acids is 2. The Labute approximate surface area is 196 Å². The number of aromatic nitrogens is 2. The lowest BCUT2D eigenvalue weighted by molar-refractivity contribution is -0.129. The molecule has 2 aliphatic heterocycles. The summed E-state index contributed by atoms with van der Waals surface area (Å²) in [5, 5.41) is 2.83. The van der Waals surface area contributed by atoms with Gasteiger partial charge in [-0.25, -0.2) is 4.98 Å². The van der Waals surface area contributed by atoms with Gasteiger partial charge in [0.2, 0.25) is 11.9 Å². The Morgan fingerprint density at radius 2 is 1.85 bits per heavy atom. The molecule has 1 saturated heterocycles. The molecule has 34 heavy (non-hydrogen) atoms. The standard InChI is InChI=1S/C25H25FN6O2/c1-15(33)31-8-10-32(11-9-31)18-3-5-22(29-14-18)21-13-20(24(27)30-23(21)26)16-2-4-19-17(12-16)6-7-28-25(19)34/h2-5,12-14H,6-11H2,1H3,(H2,27,30)(H,28,34). The fraction of sp³-hybridized carbons (Fsp3) is 0.280. The third-order valence-corrected chi connectivity index (χ3v) is 6.46. The molecular formula is C25H25FN6O2. The van der Waals surface area contributed by atoms with Crippen molar-refractivity contribution in [2.75, 3.05) is 43.4 Å². The molecule has 1 fully saturated rings. The van der Waals surface area contributed by atoms with E-state index in [2.05, 4.69) is 20.2 Å². The molecule has 174 valence electrons. The lowest BCUT2D eigenvalue weighted by Gasteiger charge is -2.35. The van der Waals surface area contributed by atoms with Crippen LogP contribution in [0.3, 0.4) is 0 Å². The SMILES string of the molecule is CC(=O)N1CCN(c2ccc(-c3cc(-c4ccc5c(c4)CCNC5=O)c(N)nc3F)nc2)CC1. The Bertz CT molecular complexity index is 1270. The zero-order chi connectivity index (χ0) is 23.8. The second-order valence-corrected chi connectivity index (χ2v) is 8.53. The maximum atomic E-state index is 14.8. The van der Waals surface area contributed by atoms with Gasteiger partial charge < -0.3 is 20.9 Å². The van der Waals surface area contributed by atoms with E-state index in [1.165, 1.54) is 0 Å². The summed E-state index contributed by atoms with van der Waals surface area (Å²) >= 11 is 0. The van der Waals surface area contributed by atoms with E-state index in [1.54, 1.807) is 37.4 Å². The van der Waals surface area contributed by atoms with Crippen LogP contribution < -0.4 is 16.0 Å². The van der Waals surface area contributed by atoms with Crippen molar-refractivity contribution < 1.29 is 14.0 Å². The molecule has 3 N–H and O–H groups in total. The van der Waals surface area contributed by atoms with Gasteiger partial charge in [0.25, 0.3) is 5.91 Å². The number of fused-ring (bicyclic) bond motifs is 1. The van der Waals surface area contributed by atoms with Gasteiger partial charge in [-0.2, -0.15) is 4.39 Å². The Balaban J connectivity index is 1.42. The molecule has 8 nitrogen and oxygen atoms in total. The molecule has 0 unspecified atom stereocenters. The van der Waals surface area contributed by atoms with Gasteiger partial charge in [0.05, 0.1) is 23.1 Å². The minimum absolute atomic E-state index is 0.0810. The molecule has 3 aromatic rings. The zero-order valence-electron chi connectivity index (χ0n) is 18.8. The molecule has 2 aliphatic rings. The molecule has 4 heterocycles. The number of hydrogen-bond donors (Lipinski definition) is 2. The minimum Gasteiger partial charge on any atom is -0.383 e. The summed E-state index contributed by atoms with van der Waals surface area (Å²) in [5.41, 5.74) is 10.6. The second-order valence-electron chi connectivity index (χ2n) is 8.53. The smallest absolute Gasteiger partial charge is 0.251 e. The molecule has 0 bridgehead atoms. The summed E-state index contributed by atoms with van der Waals surface area (Å²) in [7, 11) is 0. The third kappa shape index (κ3) is 4.05. The van der Waals surface area contributed by atoms with E-state index in [1.807, 2.05) is 17.0 Å². The maximum Gasteiger partial charge on any atom is 0.251 e. The van der Waals surface area contributed by atoms with Gasteiger partial charge in [-0.1, -0.05) is 12.1 Å². The van der Waals surface area contributed by atoms with Crippen LogP contribution in [-0.2, 0) is 11.2 Å². The number of benzene rings is 1. The van der Waals surface area contributed by atoms with Crippen molar-refractivity contribution in [3.8, 4) is 22.4 Å². The topological polar surface area (TPSA) is 104 Å². The van der Waals surface area contributed by atoms with E-state index < -0.39 is 5.95 Å². The van der Waals surface area contributed by atoms with Crippen LogP contribution >= 0.6 is 0 Å². The second kappa shape index (κ2) is 8.74. The minimum atomic E-state index is -0.686. The van der Waals surface area contributed by atoms with Gasteiger partial charge in [-0.3, -0.25) is 14.6 Å². The maximum absolute atomic E-state index is 14.8. The number of nitrogens with one attached hydrogen (secondary N) is 1. The summed E-state index contributed by atoms with van der Waals surface area (Å²) < 4.78 is 14.8. The number of nitrogens with zero attached hydrogens (tertiary/aromatic N) is 4. The van der Waals surface area contributed by atoms with E-state index in [4.69, 9.17) is 5.73 Å². The molecule has 2 aromatic heterocycles. The van der Waals surface area contributed by atoms with E-state index >= 15 is 0 Å². The summed E-state index contributed by atoms with van der Waals surface area (Å²) in [4.78, 5) is 36.0. The highest BCUT2D eigenvalue weighted by atomic mass is 19.1. The highest BCUT2D eigenvalue weighted by Crippen LogP contribution is 2.33. The number of nitrogen functional groups attached to an aromatic ring is 1. The van der Waals surface area contributed by atoms with Crippen molar-refractivity contribution in [2.45, 2.75) is 13.3 Å². The van der Waals surface area contributed by atoms with E-state index in [0.29, 0.717) is 36.5 Å². The van der Waals surface area contributed by atoms with Crippen LogP contribution in [0.25, 0.3) is 22.4 Å². The van der Waals surface area contributed by atoms with Gasteiger partial charge in [-0.05, 0) is 41.8 Å². The molecular weight excluding hydrogens is 435 g/mol. The average molecular weight is 461 g/mol. The van der Waals surface area contributed by atoms with Crippen LogP contribution in [0.5, 0.6) is 0 Å². The van der Waals surface area contributed by atoms with Crippen molar-refractivity contribution >= 4 is 23.3 Å². The molecule has 0 spiro atoms. The highest BCUT2D eigenvalue weighted by Gasteiger charge is 2.21. The predicted molar refractivity (Wildman–Crippen MR) is 128 cm³/mol. The van der Waals surface area contributed by atoms with E-state index in [0.717, 1.165) is 36.3 Å². The Morgan fingerprint density at radius 1 is 1.06 bits per heavy atom. The molecule has 0 atom stereocenters. The number of nitrogens with two attached hydrogens (primary N) is 1. The quantitative estimate of drug-likeness (QED) is 0.582. The van der Waals surface area contributed by atoms with Gasteiger partial charge >= 0.3 is 0 Å². The van der Waals surface area contributed by atoms with Crippen molar-refractivity contribution in [1.82, 2.24) is 20.2 Å². The summed E-state index contributed by atoms with van der Waals surface area (Å²) in [6.07, 6.45) is 2.44. The highest BCUT2D eigenvalue weighted by molar-refractivity contribution is 5.97. The summed E-state index contributed by atoms with van der Waals surface area (Å²) in [5.74, 6) is -0.613. The largest absolute Gasteiger partial charge is 0.383 e. The first-order valence-electron chi connectivity index (χ1n) is 11.2. The molecule has 2 amide bonds. The van der Waals surface area contributed by atoms with Gasteiger partial charge in [0, 0.05) is 50.8 Å². The molecule has 0 radical (unpaired) electrons. The van der Waals surface area contributed by atoms with Crippen LogP contribution in [0.1, 0.15) is 22.8 Å². The lowest BCUT2D eigenvalue weighted by Crippen LogP contribution is -2.48. The van der Waals surface area contributed by atoms with Crippen LogP contribution in [-0.4, -0.2) is 59.4 Å². The molecule has 1 aromatic carbocycles. The monoisotopic (exact) mass is 460 g/mol. The number of anilines is 2. The number of piperazine rings is 1. The first-order valence-corrected chi connectivity index (χ1v) is 11.2. The van der Waals surface area contributed by atoms with E-state index in [-0.39, 0.29) is 23.2 Å². The van der Waals surface area contributed by atoms with Crippen LogP contribution in [0.15, 0.2) is 42.6 Å². The molecule has 9 heteroatoms. The van der Waals surface area contributed by atoms with Crippen LogP contribution in [0.4, 0.5) is 15.9 Å². The zero-order valence-corrected chi connectivity index (χ0v) is 18.8. The number of halogens is 1. The van der Waals surface area contributed by atoms with Crippen LogP contribution in [0.2, 0.25) is 0 Å². The van der Waals surface area contributed by atoms with Crippen LogP contribution in [0, 0.1) is 5.95 Å². The molecule has 0 saturated carbocycles. The number of rotatable bonds is 3. The molecule has 0 aliphatic carbocycles. The van der Waals surface area contributed by atoms with Gasteiger partial charge in [-0.15, -0.1) is 0 Å². The number of pyridine rings is 2. The summed E-state index contributed by atoms with van der Waals surface area (Å²) in [6, 6.07) is 10.8. The van der Waals surface area contributed by atoms with Gasteiger partial charge in [0.15, 0.2) is 0 Å². The fourth-order valence-electron chi connectivity index (χ4n) is 4.52. The van der Waals surface area contributed by atoms with E-state index in [9.17, 15) is 14.0 Å². The average Bonchev–Trinajstić information content (AvgIpc) is 2.84. The predicted octanol–water partition coefficient (Wildman–Crippen LogP) is 2.49. The van der Waals surface area contributed by atoms with Crippen molar-refractivity contribution in [1.29, 1.82) is 0 Å². The number of amides is 2. The van der Waals surface area contributed by atoms with Crippen molar-refractivity contribution in [3.63, 3.8) is 0 Å². The third-order valence-electron chi connectivity index (χ3n) is 6.46. The Kier molecular flexibility index (Phi) is 5.61. The number of hydrogen-bond acceptors (Lipinski definition) is 6. The Morgan fingerprint density at radius 3 is 2.56 bits per heavy atom. The first kappa shape index (κ1) is 21.8. The van der Waals surface area contributed by atoms with Crippen molar-refractivity contribution in [2.24, 2.45) is 0 Å². The summed E-state index contributed by atoms with van der Waals surface area (Å²) in [6.45, 7) is 4.94. The van der Waals surface area contributed by atoms with Gasteiger partial charge in [0.1, 0.15) is 5.82 Å². The lowest BCUT2D eigenvalue weighted by atomic mass is 9.94. The first-order chi connectivity index (χ1) is 16.4. The fourth-order valence-corrected chi connectivity index (χ4v) is 4.52. The Hall–Kier alpha value is -4.01. The van der Waals surface area contributed by atoms with Crippen molar-refractivity contribution in [3.05, 3.63) is 59.7 Å². The normalized spacial score (nSPS) is 15.6. The number of carbonyl (C=O) groups is 2. The molecule has 5 rings (SSSR count).